The van der Waals surface area contributed by atoms with Crippen LogP contribution in [0, 0.1) is 0 Å². The summed E-state index contributed by atoms with van der Waals surface area (Å²) in [7, 11) is 3.82. The molecule has 6 nitrogen and oxygen atoms in total. The lowest BCUT2D eigenvalue weighted by atomic mass is 10.3. The van der Waals surface area contributed by atoms with Crippen LogP contribution in [0.3, 0.4) is 0 Å². The average molecular weight is 220 g/mol. The summed E-state index contributed by atoms with van der Waals surface area (Å²) in [5, 5.41) is 15.3. The monoisotopic (exact) mass is 220 g/mol. The smallest absolute Gasteiger partial charge is 0.0964 e. The van der Waals surface area contributed by atoms with E-state index in [4.69, 9.17) is 0 Å². The summed E-state index contributed by atoms with van der Waals surface area (Å²) in [4.78, 5) is 0. The molecule has 0 saturated carbocycles. The van der Waals surface area contributed by atoms with E-state index in [2.05, 4.69) is 20.7 Å². The highest BCUT2D eigenvalue weighted by molar-refractivity contribution is 5.00. The molecule has 0 bridgehead atoms. The first-order valence-corrected chi connectivity index (χ1v) is 5.28. The Morgan fingerprint density at radius 1 is 1.38 bits per heavy atom. The standard InChI is InChI=1S/C10H16N6/c1-15-8-9(13-14-15)7-11-5-3-10-4-6-12-16(10)2/h4,6,8,11H,3,5,7H2,1-2H3. The lowest BCUT2D eigenvalue weighted by molar-refractivity contribution is 0.635. The molecule has 0 atom stereocenters. The molecule has 0 spiro atoms. The molecule has 1 N–H and O–H groups in total. The molecular weight excluding hydrogens is 204 g/mol. The molecule has 2 heterocycles. The zero-order chi connectivity index (χ0) is 11.4. The van der Waals surface area contributed by atoms with Crippen LogP contribution in [0.2, 0.25) is 0 Å². The summed E-state index contributed by atoms with van der Waals surface area (Å²) in [5.41, 5.74) is 2.19. The van der Waals surface area contributed by atoms with Crippen LogP contribution in [0.1, 0.15) is 11.4 Å². The van der Waals surface area contributed by atoms with E-state index in [-0.39, 0.29) is 0 Å². The topological polar surface area (TPSA) is 60.6 Å². The predicted octanol–water partition coefficient (Wildman–Crippen LogP) is -0.119. The Balaban J connectivity index is 1.71. The average Bonchev–Trinajstić information content (AvgIpc) is 2.83. The Kier molecular flexibility index (Phi) is 3.31. The lowest BCUT2D eigenvalue weighted by Gasteiger charge is -2.02. The van der Waals surface area contributed by atoms with Crippen molar-refractivity contribution in [3.05, 3.63) is 29.8 Å². The van der Waals surface area contributed by atoms with E-state index in [1.165, 1.54) is 5.69 Å². The molecule has 0 saturated heterocycles. The van der Waals surface area contributed by atoms with Crippen LogP contribution in [0.4, 0.5) is 0 Å². The van der Waals surface area contributed by atoms with Crippen molar-refractivity contribution in [1.29, 1.82) is 0 Å². The molecule has 0 fully saturated rings. The van der Waals surface area contributed by atoms with Crippen molar-refractivity contribution in [2.45, 2.75) is 13.0 Å². The molecule has 0 aliphatic heterocycles. The van der Waals surface area contributed by atoms with Gasteiger partial charge in [-0.05, 0) is 6.07 Å². The minimum atomic E-state index is 0.756. The number of hydrogen-bond acceptors (Lipinski definition) is 4. The van der Waals surface area contributed by atoms with Gasteiger partial charge >= 0.3 is 0 Å². The van der Waals surface area contributed by atoms with Gasteiger partial charge in [-0.1, -0.05) is 5.21 Å². The molecule has 0 aliphatic rings. The summed E-state index contributed by atoms with van der Waals surface area (Å²) >= 11 is 0. The number of hydrogen-bond donors (Lipinski definition) is 1. The van der Waals surface area contributed by atoms with Gasteiger partial charge in [-0.15, -0.1) is 5.10 Å². The fourth-order valence-corrected chi connectivity index (χ4v) is 1.56. The Hall–Kier alpha value is -1.69. The second-order valence-electron chi connectivity index (χ2n) is 3.76. The molecule has 0 radical (unpaired) electrons. The number of aryl methyl sites for hydroxylation is 2. The van der Waals surface area contributed by atoms with Crippen molar-refractivity contribution >= 4 is 0 Å². The van der Waals surface area contributed by atoms with Crippen LogP contribution in [-0.4, -0.2) is 31.3 Å². The molecule has 2 aromatic rings. The third kappa shape index (κ3) is 2.66. The Bertz CT molecular complexity index is 444. The van der Waals surface area contributed by atoms with Gasteiger partial charge in [0, 0.05) is 51.7 Å². The molecular formula is C10H16N6. The summed E-state index contributed by atoms with van der Waals surface area (Å²) < 4.78 is 3.60. The third-order valence-corrected chi connectivity index (χ3v) is 2.44. The fourth-order valence-electron chi connectivity index (χ4n) is 1.56. The highest BCUT2D eigenvalue weighted by Gasteiger charge is 1.99. The van der Waals surface area contributed by atoms with Crippen molar-refractivity contribution in [2.75, 3.05) is 6.54 Å². The zero-order valence-corrected chi connectivity index (χ0v) is 9.59. The van der Waals surface area contributed by atoms with Crippen LogP contribution in [-0.2, 0) is 27.1 Å². The summed E-state index contributed by atoms with van der Waals surface area (Å²) in [6, 6.07) is 2.03. The molecule has 0 aromatic carbocycles. The maximum absolute atomic E-state index is 4.12. The van der Waals surface area contributed by atoms with Crippen LogP contribution < -0.4 is 5.32 Å². The Morgan fingerprint density at radius 2 is 2.25 bits per heavy atom. The van der Waals surface area contributed by atoms with Gasteiger partial charge in [0.25, 0.3) is 0 Å². The number of nitrogens with zero attached hydrogens (tertiary/aromatic N) is 5. The first-order chi connectivity index (χ1) is 7.75. The van der Waals surface area contributed by atoms with Crippen molar-refractivity contribution in [3.63, 3.8) is 0 Å². The van der Waals surface area contributed by atoms with Gasteiger partial charge in [-0.25, -0.2) is 0 Å². The zero-order valence-electron chi connectivity index (χ0n) is 9.59. The molecule has 86 valence electrons. The van der Waals surface area contributed by atoms with Crippen LogP contribution in [0.5, 0.6) is 0 Å². The molecule has 16 heavy (non-hydrogen) atoms. The Morgan fingerprint density at radius 3 is 2.88 bits per heavy atom. The summed E-state index contributed by atoms with van der Waals surface area (Å²) in [6.45, 7) is 1.67. The number of rotatable bonds is 5. The highest BCUT2D eigenvalue weighted by Crippen LogP contribution is 1.96. The lowest BCUT2D eigenvalue weighted by Crippen LogP contribution is -2.18. The van der Waals surface area contributed by atoms with Crippen molar-refractivity contribution in [2.24, 2.45) is 14.1 Å². The van der Waals surface area contributed by atoms with Crippen LogP contribution >= 0.6 is 0 Å². The SMILES string of the molecule is Cn1cc(CNCCc2ccnn2C)nn1. The molecule has 0 amide bonds. The largest absolute Gasteiger partial charge is 0.311 e. The molecule has 0 unspecified atom stereocenters. The molecule has 0 aliphatic carbocycles. The quantitative estimate of drug-likeness (QED) is 0.714. The van der Waals surface area contributed by atoms with E-state index in [1.807, 2.05) is 37.2 Å². The van der Waals surface area contributed by atoms with Gasteiger partial charge < -0.3 is 5.32 Å². The molecule has 2 aromatic heterocycles. The second-order valence-corrected chi connectivity index (χ2v) is 3.76. The number of aromatic nitrogens is 5. The fraction of sp³-hybridized carbons (Fsp3) is 0.500. The van der Waals surface area contributed by atoms with E-state index in [0.29, 0.717) is 0 Å². The summed E-state index contributed by atoms with van der Waals surface area (Å²) in [6.07, 6.45) is 4.70. The minimum absolute atomic E-state index is 0.756. The van der Waals surface area contributed by atoms with Gasteiger partial charge in [0.05, 0.1) is 5.69 Å². The third-order valence-electron chi connectivity index (χ3n) is 2.44. The van der Waals surface area contributed by atoms with E-state index in [9.17, 15) is 0 Å². The summed E-state index contributed by atoms with van der Waals surface area (Å²) in [5.74, 6) is 0. The van der Waals surface area contributed by atoms with Crippen molar-refractivity contribution < 1.29 is 0 Å². The minimum Gasteiger partial charge on any atom is -0.311 e. The predicted molar refractivity (Wildman–Crippen MR) is 59.6 cm³/mol. The van der Waals surface area contributed by atoms with Gasteiger partial charge in [0.15, 0.2) is 0 Å². The van der Waals surface area contributed by atoms with E-state index >= 15 is 0 Å². The van der Waals surface area contributed by atoms with Crippen molar-refractivity contribution in [3.8, 4) is 0 Å². The van der Waals surface area contributed by atoms with Crippen LogP contribution in [0.25, 0.3) is 0 Å². The highest BCUT2D eigenvalue weighted by atomic mass is 15.4. The van der Waals surface area contributed by atoms with Gasteiger partial charge in [0.1, 0.15) is 0 Å². The van der Waals surface area contributed by atoms with E-state index in [0.717, 1.165) is 25.2 Å². The maximum Gasteiger partial charge on any atom is 0.0964 e. The first-order valence-electron chi connectivity index (χ1n) is 5.28. The van der Waals surface area contributed by atoms with Crippen LogP contribution in [0.15, 0.2) is 18.5 Å². The normalized spacial score (nSPS) is 10.9. The van der Waals surface area contributed by atoms with E-state index < -0.39 is 0 Å². The first kappa shape index (κ1) is 10.8. The van der Waals surface area contributed by atoms with Gasteiger partial charge in [-0.2, -0.15) is 5.10 Å². The number of nitrogens with one attached hydrogen (secondary N) is 1. The molecule has 2 rings (SSSR count). The van der Waals surface area contributed by atoms with Gasteiger partial charge in [0.2, 0.25) is 0 Å². The second kappa shape index (κ2) is 4.89. The van der Waals surface area contributed by atoms with E-state index in [1.54, 1.807) is 4.68 Å². The van der Waals surface area contributed by atoms with Crippen molar-refractivity contribution in [1.82, 2.24) is 30.1 Å². The molecule has 6 heteroatoms. The Labute approximate surface area is 94.3 Å². The van der Waals surface area contributed by atoms with Gasteiger partial charge in [-0.3, -0.25) is 9.36 Å². The maximum atomic E-state index is 4.12.